The quantitative estimate of drug-likeness (QED) is 0.676. The second-order valence-corrected chi connectivity index (χ2v) is 6.86. The second kappa shape index (κ2) is 10.5. The first-order chi connectivity index (χ1) is 13.8. The standard InChI is InChI=1S/C20H26FN3O5/c1-14(20(28)22-13-16-3-5-17(21)6-4-16)29-19(27)8-7-18(26)24-11-9-23(10-12-24)15(2)25/h3-6,14H,7-13H2,1-2H3,(H,22,28)/t14-/m0/s1. The summed E-state index contributed by atoms with van der Waals surface area (Å²) < 4.78 is 17.9. The monoisotopic (exact) mass is 407 g/mol. The van der Waals surface area contributed by atoms with Gasteiger partial charge in [-0.25, -0.2) is 4.39 Å². The lowest BCUT2D eigenvalue weighted by Gasteiger charge is -2.34. The molecule has 3 amide bonds. The first-order valence-electron chi connectivity index (χ1n) is 9.51. The number of carbonyl (C=O) groups is 4. The van der Waals surface area contributed by atoms with Gasteiger partial charge in [0.25, 0.3) is 5.91 Å². The Balaban J connectivity index is 1.67. The molecular weight excluding hydrogens is 381 g/mol. The van der Waals surface area contributed by atoms with Crippen molar-refractivity contribution in [2.45, 2.75) is 39.3 Å². The van der Waals surface area contributed by atoms with E-state index in [1.165, 1.54) is 26.0 Å². The first kappa shape index (κ1) is 22.3. The summed E-state index contributed by atoms with van der Waals surface area (Å²) >= 11 is 0. The zero-order chi connectivity index (χ0) is 21.4. The molecule has 0 aromatic heterocycles. The van der Waals surface area contributed by atoms with Crippen molar-refractivity contribution in [2.75, 3.05) is 26.2 Å². The highest BCUT2D eigenvalue weighted by molar-refractivity contribution is 5.85. The highest BCUT2D eigenvalue weighted by Crippen LogP contribution is 2.07. The van der Waals surface area contributed by atoms with Gasteiger partial charge in [-0.15, -0.1) is 0 Å². The first-order valence-corrected chi connectivity index (χ1v) is 9.51. The predicted molar refractivity (Wildman–Crippen MR) is 102 cm³/mol. The Labute approximate surface area is 169 Å². The van der Waals surface area contributed by atoms with Crippen LogP contribution in [0.4, 0.5) is 4.39 Å². The summed E-state index contributed by atoms with van der Waals surface area (Å²) in [5.74, 6) is -1.68. The number of amides is 3. The fraction of sp³-hybridized carbons (Fsp3) is 0.500. The summed E-state index contributed by atoms with van der Waals surface area (Å²) in [6.45, 7) is 4.97. The minimum Gasteiger partial charge on any atom is -0.453 e. The molecule has 29 heavy (non-hydrogen) atoms. The maximum Gasteiger partial charge on any atom is 0.307 e. The number of hydrogen-bond donors (Lipinski definition) is 1. The van der Waals surface area contributed by atoms with Crippen LogP contribution in [0.25, 0.3) is 0 Å². The molecule has 1 atom stereocenters. The van der Waals surface area contributed by atoms with Crippen LogP contribution in [-0.2, 0) is 30.5 Å². The number of carbonyl (C=O) groups excluding carboxylic acids is 4. The van der Waals surface area contributed by atoms with Crippen molar-refractivity contribution in [1.29, 1.82) is 0 Å². The van der Waals surface area contributed by atoms with Crippen LogP contribution in [-0.4, -0.2) is 65.8 Å². The minimum atomic E-state index is -1.00. The number of piperazine rings is 1. The molecule has 0 radical (unpaired) electrons. The van der Waals surface area contributed by atoms with Crippen LogP contribution < -0.4 is 5.32 Å². The number of halogens is 1. The van der Waals surface area contributed by atoms with E-state index in [1.54, 1.807) is 21.9 Å². The minimum absolute atomic E-state index is 0.0111. The average molecular weight is 407 g/mol. The van der Waals surface area contributed by atoms with Crippen LogP contribution in [0.3, 0.4) is 0 Å². The predicted octanol–water partition coefficient (Wildman–Crippen LogP) is 0.845. The van der Waals surface area contributed by atoms with Crippen molar-refractivity contribution < 1.29 is 28.3 Å². The Bertz CT molecular complexity index is 745. The second-order valence-electron chi connectivity index (χ2n) is 6.86. The lowest BCUT2D eigenvalue weighted by molar-refractivity contribution is -0.156. The van der Waals surface area contributed by atoms with E-state index in [4.69, 9.17) is 4.74 Å². The Hall–Kier alpha value is -2.97. The van der Waals surface area contributed by atoms with Gasteiger partial charge in [-0.05, 0) is 24.6 Å². The molecule has 0 spiro atoms. The Morgan fingerprint density at radius 2 is 1.62 bits per heavy atom. The number of ether oxygens (including phenoxy) is 1. The lowest BCUT2D eigenvalue weighted by Crippen LogP contribution is -2.50. The summed E-state index contributed by atoms with van der Waals surface area (Å²) in [6.07, 6.45) is -1.14. The molecule has 1 saturated heterocycles. The Morgan fingerprint density at radius 1 is 1.03 bits per heavy atom. The molecule has 1 N–H and O–H groups in total. The summed E-state index contributed by atoms with van der Waals surface area (Å²) in [4.78, 5) is 50.7. The van der Waals surface area contributed by atoms with Crippen molar-refractivity contribution in [3.8, 4) is 0 Å². The summed E-state index contributed by atoms with van der Waals surface area (Å²) in [5, 5.41) is 2.61. The Morgan fingerprint density at radius 3 is 2.21 bits per heavy atom. The van der Waals surface area contributed by atoms with E-state index >= 15 is 0 Å². The fourth-order valence-electron chi connectivity index (χ4n) is 2.88. The van der Waals surface area contributed by atoms with Gasteiger partial charge in [0.2, 0.25) is 11.8 Å². The van der Waals surface area contributed by atoms with Gasteiger partial charge in [-0.2, -0.15) is 0 Å². The van der Waals surface area contributed by atoms with Gasteiger partial charge in [0.05, 0.1) is 6.42 Å². The largest absolute Gasteiger partial charge is 0.453 e. The zero-order valence-corrected chi connectivity index (χ0v) is 16.7. The number of nitrogens with one attached hydrogen (secondary N) is 1. The molecular formula is C20H26FN3O5. The van der Waals surface area contributed by atoms with E-state index in [9.17, 15) is 23.6 Å². The van der Waals surface area contributed by atoms with Crippen molar-refractivity contribution in [1.82, 2.24) is 15.1 Å². The van der Waals surface area contributed by atoms with Gasteiger partial charge < -0.3 is 19.9 Å². The molecule has 1 aromatic rings. The van der Waals surface area contributed by atoms with E-state index in [0.29, 0.717) is 31.7 Å². The van der Waals surface area contributed by atoms with Crippen LogP contribution in [0.1, 0.15) is 32.3 Å². The van der Waals surface area contributed by atoms with Crippen molar-refractivity contribution in [3.63, 3.8) is 0 Å². The van der Waals surface area contributed by atoms with Crippen LogP contribution in [0.5, 0.6) is 0 Å². The van der Waals surface area contributed by atoms with E-state index in [1.807, 2.05) is 0 Å². The normalized spacial score (nSPS) is 14.9. The van der Waals surface area contributed by atoms with Crippen LogP contribution >= 0.6 is 0 Å². The smallest absolute Gasteiger partial charge is 0.307 e. The number of hydrogen-bond acceptors (Lipinski definition) is 5. The van der Waals surface area contributed by atoms with Crippen LogP contribution in [0, 0.1) is 5.82 Å². The van der Waals surface area contributed by atoms with Crippen LogP contribution in [0.15, 0.2) is 24.3 Å². The third-order valence-corrected chi connectivity index (χ3v) is 4.68. The fourth-order valence-corrected chi connectivity index (χ4v) is 2.88. The lowest BCUT2D eigenvalue weighted by atomic mass is 10.2. The molecule has 1 fully saturated rings. The van der Waals surface area contributed by atoms with Crippen molar-refractivity contribution in [2.24, 2.45) is 0 Å². The molecule has 1 heterocycles. The van der Waals surface area contributed by atoms with Gasteiger partial charge in [-0.3, -0.25) is 19.2 Å². The van der Waals surface area contributed by atoms with Gasteiger partial charge in [-0.1, -0.05) is 12.1 Å². The molecule has 0 saturated carbocycles. The van der Waals surface area contributed by atoms with E-state index in [0.717, 1.165) is 0 Å². The van der Waals surface area contributed by atoms with E-state index in [-0.39, 0.29) is 37.0 Å². The third kappa shape index (κ3) is 7.17. The molecule has 1 aliphatic heterocycles. The highest BCUT2D eigenvalue weighted by atomic mass is 19.1. The molecule has 0 unspecified atom stereocenters. The highest BCUT2D eigenvalue weighted by Gasteiger charge is 2.23. The van der Waals surface area contributed by atoms with E-state index < -0.39 is 18.0 Å². The summed E-state index contributed by atoms with van der Waals surface area (Å²) in [5.41, 5.74) is 0.716. The molecule has 1 aliphatic rings. The maximum atomic E-state index is 12.9. The molecule has 0 bridgehead atoms. The van der Waals surface area contributed by atoms with Gasteiger partial charge >= 0.3 is 5.97 Å². The maximum absolute atomic E-state index is 12.9. The molecule has 0 aliphatic carbocycles. The SMILES string of the molecule is CC(=O)N1CCN(C(=O)CCC(=O)O[C@@H](C)C(=O)NCc2ccc(F)cc2)CC1. The summed E-state index contributed by atoms with van der Waals surface area (Å²) in [6, 6.07) is 5.69. The molecule has 9 heteroatoms. The number of rotatable bonds is 7. The molecule has 1 aromatic carbocycles. The molecule has 2 rings (SSSR count). The van der Waals surface area contributed by atoms with Gasteiger partial charge in [0.15, 0.2) is 6.10 Å². The van der Waals surface area contributed by atoms with Crippen molar-refractivity contribution >= 4 is 23.7 Å². The number of nitrogens with zero attached hydrogens (tertiary/aromatic N) is 2. The molecule has 158 valence electrons. The number of esters is 1. The average Bonchev–Trinajstić information content (AvgIpc) is 2.71. The van der Waals surface area contributed by atoms with E-state index in [2.05, 4.69) is 5.32 Å². The topological polar surface area (TPSA) is 96.0 Å². The summed E-state index contributed by atoms with van der Waals surface area (Å²) in [7, 11) is 0. The zero-order valence-electron chi connectivity index (χ0n) is 16.7. The Kier molecular flexibility index (Phi) is 8.11. The number of benzene rings is 1. The van der Waals surface area contributed by atoms with Crippen molar-refractivity contribution in [3.05, 3.63) is 35.6 Å². The van der Waals surface area contributed by atoms with Gasteiger partial charge in [0.1, 0.15) is 5.82 Å². The van der Waals surface area contributed by atoms with Crippen LogP contribution in [0.2, 0.25) is 0 Å². The third-order valence-electron chi connectivity index (χ3n) is 4.68. The molecule has 8 nitrogen and oxygen atoms in total. The van der Waals surface area contributed by atoms with Gasteiger partial charge in [0, 0.05) is 46.1 Å².